The van der Waals surface area contributed by atoms with Crippen LogP contribution in [0, 0.1) is 19.3 Å². The number of thioether (sulfide) groups is 1. The maximum absolute atomic E-state index is 11.5. The number of hydrogen-bond donors (Lipinski definition) is 1. The quantitative estimate of drug-likeness (QED) is 0.474. The van der Waals surface area contributed by atoms with Crippen LogP contribution in [0.2, 0.25) is 0 Å². The Morgan fingerprint density at radius 3 is 2.67 bits per heavy atom. The van der Waals surface area contributed by atoms with Crippen LogP contribution in [0.4, 0.5) is 5.82 Å². The van der Waals surface area contributed by atoms with E-state index in [9.17, 15) is 4.79 Å². The molecule has 6 heteroatoms. The van der Waals surface area contributed by atoms with Crippen LogP contribution in [0.15, 0.2) is 5.03 Å². The van der Waals surface area contributed by atoms with Crippen molar-refractivity contribution in [2.45, 2.75) is 45.1 Å². The second kappa shape index (κ2) is 6.64. The van der Waals surface area contributed by atoms with Crippen molar-refractivity contribution in [3.63, 3.8) is 0 Å². The summed E-state index contributed by atoms with van der Waals surface area (Å²) in [5.74, 6) is 2.48. The van der Waals surface area contributed by atoms with Gasteiger partial charge in [-0.25, -0.2) is 9.97 Å². The Morgan fingerprint density at radius 1 is 1.38 bits per heavy atom. The van der Waals surface area contributed by atoms with E-state index in [-0.39, 0.29) is 11.4 Å². The first kappa shape index (κ1) is 16.1. The average Bonchev–Trinajstić information content (AvgIpc) is 3.21. The number of aryl methyl sites for hydroxylation is 1. The molecule has 0 radical (unpaired) electrons. The highest BCUT2D eigenvalue weighted by Gasteiger charge is 2.44. The summed E-state index contributed by atoms with van der Waals surface area (Å²) < 4.78 is 4.79. The third-order valence-electron chi connectivity index (χ3n) is 3.78. The zero-order valence-corrected chi connectivity index (χ0v) is 14.0. The fourth-order valence-corrected chi connectivity index (χ4v) is 3.58. The maximum Gasteiger partial charge on any atom is 0.306 e. The number of esters is 1. The topological polar surface area (TPSA) is 64.1 Å². The van der Waals surface area contributed by atoms with Crippen molar-refractivity contribution in [3.05, 3.63) is 11.4 Å². The van der Waals surface area contributed by atoms with Crippen molar-refractivity contribution in [2.75, 3.05) is 24.7 Å². The van der Waals surface area contributed by atoms with E-state index in [0.717, 1.165) is 47.4 Å². The largest absolute Gasteiger partial charge is 0.469 e. The summed E-state index contributed by atoms with van der Waals surface area (Å²) in [4.78, 5) is 20.4. The highest BCUT2D eigenvalue weighted by Crippen LogP contribution is 2.52. The summed E-state index contributed by atoms with van der Waals surface area (Å²) in [6.07, 6.45) is 2.70. The second-order valence-electron chi connectivity index (χ2n) is 5.62. The van der Waals surface area contributed by atoms with E-state index in [1.54, 1.807) is 11.8 Å². The molecule has 5 nitrogen and oxygen atoms in total. The molecule has 1 fully saturated rings. The molecule has 1 saturated carbocycles. The minimum atomic E-state index is -0.114. The van der Waals surface area contributed by atoms with E-state index < -0.39 is 0 Å². The Hall–Kier alpha value is -1.30. The number of rotatable bonds is 7. The first-order valence-electron chi connectivity index (χ1n) is 7.28. The van der Waals surface area contributed by atoms with Crippen LogP contribution in [0.3, 0.4) is 0 Å². The third kappa shape index (κ3) is 4.09. The van der Waals surface area contributed by atoms with E-state index in [1.165, 1.54) is 7.11 Å². The van der Waals surface area contributed by atoms with E-state index in [0.29, 0.717) is 6.42 Å². The molecule has 0 unspecified atom stereocenters. The van der Waals surface area contributed by atoms with Crippen LogP contribution in [0.5, 0.6) is 0 Å². The van der Waals surface area contributed by atoms with Gasteiger partial charge in [0.15, 0.2) is 0 Å². The van der Waals surface area contributed by atoms with Crippen LogP contribution in [0.25, 0.3) is 0 Å². The molecule has 1 aliphatic carbocycles. The Labute approximate surface area is 130 Å². The summed E-state index contributed by atoms with van der Waals surface area (Å²) in [5, 5.41) is 4.28. The molecule has 1 heterocycles. The highest BCUT2D eigenvalue weighted by molar-refractivity contribution is 7.99. The summed E-state index contributed by atoms with van der Waals surface area (Å²) >= 11 is 1.72. The molecule has 1 N–H and O–H groups in total. The van der Waals surface area contributed by atoms with Crippen molar-refractivity contribution < 1.29 is 9.53 Å². The van der Waals surface area contributed by atoms with Crippen molar-refractivity contribution in [1.29, 1.82) is 0 Å². The van der Waals surface area contributed by atoms with Gasteiger partial charge in [-0.2, -0.15) is 0 Å². The number of carbonyl (C=O) groups excluding carboxylic acids is 1. The van der Waals surface area contributed by atoms with Crippen molar-refractivity contribution >= 4 is 23.5 Å². The number of nitrogens with zero attached hydrogens (tertiary/aromatic N) is 2. The molecule has 0 aliphatic heterocycles. The molecule has 0 spiro atoms. The van der Waals surface area contributed by atoms with Gasteiger partial charge in [-0.1, -0.05) is 0 Å². The third-order valence-corrected chi connectivity index (χ3v) is 5.20. The van der Waals surface area contributed by atoms with Gasteiger partial charge in [0.2, 0.25) is 0 Å². The molecular formula is C15H23N3O2S. The van der Waals surface area contributed by atoms with Gasteiger partial charge in [0.1, 0.15) is 16.7 Å². The van der Waals surface area contributed by atoms with Crippen LogP contribution in [-0.2, 0) is 9.53 Å². The number of ether oxygens (including phenoxy) is 1. The van der Waals surface area contributed by atoms with Crippen LogP contribution in [-0.4, -0.2) is 35.3 Å². The zero-order valence-electron chi connectivity index (χ0n) is 13.2. The number of carbonyl (C=O) groups is 1. The first-order chi connectivity index (χ1) is 9.99. The molecule has 1 aromatic rings. The van der Waals surface area contributed by atoms with Gasteiger partial charge in [0, 0.05) is 17.9 Å². The number of hydrogen-bond acceptors (Lipinski definition) is 6. The molecule has 116 valence electrons. The van der Waals surface area contributed by atoms with Gasteiger partial charge < -0.3 is 10.1 Å². The minimum absolute atomic E-state index is 0.113. The summed E-state index contributed by atoms with van der Waals surface area (Å²) in [6, 6.07) is 0. The Balaban J connectivity index is 2.05. The van der Waals surface area contributed by atoms with Gasteiger partial charge in [-0.15, -0.1) is 11.8 Å². The number of aromatic nitrogens is 2. The Morgan fingerprint density at radius 2 is 2.10 bits per heavy atom. The lowest BCUT2D eigenvalue weighted by molar-refractivity contribution is -0.141. The fraction of sp³-hybridized carbons (Fsp3) is 0.667. The standard InChI is InChI=1S/C15H23N3O2S/c1-5-16-13-10(2)14(18-11(3)17-13)21-9-15(6-7-15)8-12(19)20-4/h5-9H2,1-4H3,(H,16,17,18). The molecule has 0 atom stereocenters. The van der Waals surface area contributed by atoms with E-state index >= 15 is 0 Å². The van der Waals surface area contributed by atoms with E-state index in [1.807, 2.05) is 13.8 Å². The normalized spacial score (nSPS) is 15.6. The van der Waals surface area contributed by atoms with Crippen LogP contribution in [0.1, 0.15) is 37.6 Å². The predicted molar refractivity (Wildman–Crippen MR) is 84.7 cm³/mol. The molecule has 1 aliphatic rings. The smallest absolute Gasteiger partial charge is 0.306 e. The van der Waals surface area contributed by atoms with Gasteiger partial charge in [-0.05, 0) is 39.0 Å². The maximum atomic E-state index is 11.5. The number of anilines is 1. The van der Waals surface area contributed by atoms with Gasteiger partial charge in [-0.3, -0.25) is 4.79 Å². The Bertz CT molecular complexity index is 530. The molecule has 0 bridgehead atoms. The molecule has 0 aromatic carbocycles. The number of methoxy groups -OCH3 is 1. The monoisotopic (exact) mass is 309 g/mol. The number of nitrogens with one attached hydrogen (secondary N) is 1. The molecule has 0 saturated heterocycles. The summed E-state index contributed by atoms with van der Waals surface area (Å²) in [5.41, 5.74) is 1.20. The summed E-state index contributed by atoms with van der Waals surface area (Å²) in [6.45, 7) is 6.85. The highest BCUT2D eigenvalue weighted by atomic mass is 32.2. The second-order valence-corrected chi connectivity index (χ2v) is 6.59. The predicted octanol–water partition coefficient (Wildman–Crippen LogP) is 2.96. The lowest BCUT2D eigenvalue weighted by atomic mass is 10.1. The molecular weight excluding hydrogens is 286 g/mol. The van der Waals surface area contributed by atoms with Crippen molar-refractivity contribution in [2.24, 2.45) is 5.41 Å². The molecule has 0 amide bonds. The van der Waals surface area contributed by atoms with E-state index in [2.05, 4.69) is 22.2 Å². The van der Waals surface area contributed by atoms with Gasteiger partial charge in [0.05, 0.1) is 13.5 Å². The zero-order chi connectivity index (χ0) is 15.5. The Kier molecular flexibility index (Phi) is 5.08. The van der Waals surface area contributed by atoms with Crippen LogP contribution < -0.4 is 5.32 Å². The molecule has 1 aromatic heterocycles. The lowest BCUT2D eigenvalue weighted by Crippen LogP contribution is -2.13. The first-order valence-corrected chi connectivity index (χ1v) is 8.27. The van der Waals surface area contributed by atoms with Crippen molar-refractivity contribution in [3.8, 4) is 0 Å². The SMILES string of the molecule is CCNc1nc(C)nc(SCC2(CC(=O)OC)CC2)c1C. The lowest BCUT2D eigenvalue weighted by Gasteiger charge is -2.15. The average molecular weight is 309 g/mol. The van der Waals surface area contributed by atoms with Crippen molar-refractivity contribution in [1.82, 2.24) is 9.97 Å². The molecule has 21 heavy (non-hydrogen) atoms. The van der Waals surface area contributed by atoms with Gasteiger partial charge >= 0.3 is 5.97 Å². The van der Waals surface area contributed by atoms with E-state index in [4.69, 9.17) is 4.74 Å². The molecule has 2 rings (SSSR count). The van der Waals surface area contributed by atoms with Gasteiger partial charge in [0.25, 0.3) is 0 Å². The minimum Gasteiger partial charge on any atom is -0.469 e. The fourth-order valence-electron chi connectivity index (χ4n) is 2.23. The van der Waals surface area contributed by atoms with Crippen LogP contribution >= 0.6 is 11.8 Å². The summed E-state index contributed by atoms with van der Waals surface area (Å²) in [7, 11) is 1.45.